The molecule has 62 valence electrons. The Balaban J connectivity index is 2.53. The molecule has 0 aliphatic carbocycles. The van der Waals surface area contributed by atoms with E-state index in [0.29, 0.717) is 6.54 Å². The van der Waals surface area contributed by atoms with Crippen molar-refractivity contribution in [1.29, 1.82) is 0 Å². The van der Waals surface area contributed by atoms with Gasteiger partial charge in [-0.1, -0.05) is 12.1 Å². The lowest BCUT2D eigenvalue weighted by molar-refractivity contribution is 0.475. The second-order valence-corrected chi connectivity index (χ2v) is 2.19. The maximum Gasteiger partial charge on any atom is 0.115 e. The average Bonchev–Trinajstić information content (AvgIpc) is 2.09. The number of phenolic OH excluding ortho intramolecular Hbond substituents is 1. The fraction of sp³-hybridized carbons (Fsp3) is 0.143. The lowest BCUT2D eigenvalue weighted by atomic mass is 10.2. The van der Waals surface area contributed by atoms with Crippen molar-refractivity contribution in [3.8, 4) is 5.75 Å². The summed E-state index contributed by atoms with van der Waals surface area (Å²) in [5.41, 5.74) is 11.4. The molecular weight excluding hydrogens is 156 g/mol. The lowest BCUT2D eigenvalue weighted by Crippen LogP contribution is -2.02. The summed E-state index contributed by atoms with van der Waals surface area (Å²) in [4.78, 5) is 2.53. The van der Waals surface area contributed by atoms with E-state index in [0.717, 1.165) is 5.56 Å². The molecule has 0 unspecified atom stereocenters. The molecule has 0 fully saturated rings. The van der Waals surface area contributed by atoms with Crippen LogP contribution in [0.4, 0.5) is 0 Å². The normalized spacial score (nSPS) is 8.67. The van der Waals surface area contributed by atoms with Gasteiger partial charge in [0.1, 0.15) is 12.3 Å². The van der Waals surface area contributed by atoms with Gasteiger partial charge in [0.15, 0.2) is 0 Å². The minimum absolute atomic E-state index is 0.225. The average molecular weight is 164 g/mol. The number of nitrogens with zero attached hydrogens (tertiary/aromatic N) is 3. The summed E-state index contributed by atoms with van der Waals surface area (Å²) in [6, 6.07) is 6.64. The Morgan fingerprint density at radius 3 is 2.67 bits per heavy atom. The Bertz CT molecular complexity index is 289. The fourth-order valence-electron chi connectivity index (χ4n) is 0.772. The third kappa shape index (κ3) is 2.40. The number of phenols is 1. The van der Waals surface area contributed by atoms with Crippen molar-refractivity contribution in [2.24, 2.45) is 5.22 Å². The largest absolute Gasteiger partial charge is 0.508 e. The van der Waals surface area contributed by atoms with Gasteiger partial charge in [-0.15, -0.1) is 5.53 Å². The van der Waals surface area contributed by atoms with Crippen molar-refractivity contribution in [2.75, 3.05) is 0 Å². The lowest BCUT2D eigenvalue weighted by Gasteiger charge is -1.96. The molecule has 0 aliphatic heterocycles. The van der Waals surface area contributed by atoms with Crippen molar-refractivity contribution in [3.05, 3.63) is 40.3 Å². The SMILES string of the molecule is [N-]=[N+]=NNCc1ccc(O)cc1. The van der Waals surface area contributed by atoms with Gasteiger partial charge < -0.3 is 5.11 Å². The van der Waals surface area contributed by atoms with E-state index in [9.17, 15) is 0 Å². The van der Waals surface area contributed by atoms with E-state index < -0.39 is 0 Å². The first-order valence-corrected chi connectivity index (χ1v) is 3.38. The van der Waals surface area contributed by atoms with Crippen LogP contribution in [0.5, 0.6) is 5.75 Å². The maximum absolute atomic E-state index is 8.93. The van der Waals surface area contributed by atoms with E-state index >= 15 is 0 Å². The molecule has 0 saturated carbocycles. The van der Waals surface area contributed by atoms with Crippen LogP contribution < -0.4 is 5.43 Å². The molecule has 0 aliphatic rings. The molecule has 5 nitrogen and oxygen atoms in total. The Labute approximate surface area is 69.2 Å². The van der Waals surface area contributed by atoms with E-state index in [2.05, 4.69) is 15.6 Å². The molecule has 2 N–H and O–H groups in total. The highest BCUT2D eigenvalue weighted by atomic mass is 16.3. The molecular formula is C7H8N4O. The molecule has 0 heterocycles. The summed E-state index contributed by atoms with van der Waals surface area (Å²) in [7, 11) is 0. The minimum atomic E-state index is 0.225. The number of hydrogen-bond donors (Lipinski definition) is 2. The number of hydrogen-bond acceptors (Lipinski definition) is 2. The van der Waals surface area contributed by atoms with Crippen LogP contribution in [0.1, 0.15) is 5.56 Å². The summed E-state index contributed by atoms with van der Waals surface area (Å²) in [5.74, 6) is 0.225. The fourth-order valence-corrected chi connectivity index (χ4v) is 0.772. The van der Waals surface area contributed by atoms with E-state index in [1.165, 1.54) is 0 Å². The highest BCUT2D eigenvalue weighted by molar-refractivity contribution is 5.25. The summed E-state index contributed by atoms with van der Waals surface area (Å²) >= 11 is 0. The van der Waals surface area contributed by atoms with Crippen LogP contribution in [0.2, 0.25) is 0 Å². The molecule has 1 aromatic rings. The third-order valence-corrected chi connectivity index (χ3v) is 1.33. The summed E-state index contributed by atoms with van der Waals surface area (Å²) in [6.07, 6.45) is 0. The predicted octanol–water partition coefficient (Wildman–Crippen LogP) is 1.71. The molecule has 0 atom stereocenters. The monoisotopic (exact) mass is 164 g/mol. The highest BCUT2D eigenvalue weighted by Gasteiger charge is 1.92. The van der Waals surface area contributed by atoms with E-state index in [-0.39, 0.29) is 5.75 Å². The van der Waals surface area contributed by atoms with Gasteiger partial charge in [-0.25, -0.2) is 0 Å². The molecule has 0 saturated heterocycles. The third-order valence-electron chi connectivity index (χ3n) is 1.33. The predicted molar refractivity (Wildman–Crippen MR) is 44.1 cm³/mol. The van der Waals surface area contributed by atoms with Gasteiger partial charge in [0, 0.05) is 0 Å². The van der Waals surface area contributed by atoms with Crippen LogP contribution >= 0.6 is 0 Å². The van der Waals surface area contributed by atoms with Crippen LogP contribution in [0.25, 0.3) is 10.4 Å². The van der Waals surface area contributed by atoms with Crippen LogP contribution in [-0.4, -0.2) is 5.11 Å². The molecule has 0 spiro atoms. The van der Waals surface area contributed by atoms with Crippen LogP contribution in [-0.2, 0) is 6.54 Å². The van der Waals surface area contributed by atoms with Crippen molar-refractivity contribution < 1.29 is 5.11 Å². The van der Waals surface area contributed by atoms with Gasteiger partial charge >= 0.3 is 0 Å². The van der Waals surface area contributed by atoms with E-state index in [1.807, 2.05) is 0 Å². The molecule has 1 rings (SSSR count). The first-order chi connectivity index (χ1) is 5.83. The smallest absolute Gasteiger partial charge is 0.115 e. The number of rotatable bonds is 3. The minimum Gasteiger partial charge on any atom is -0.508 e. The Kier molecular flexibility index (Phi) is 2.81. The Hall–Kier alpha value is -1.87. The quantitative estimate of drug-likeness (QED) is 0.308. The van der Waals surface area contributed by atoms with Crippen molar-refractivity contribution in [2.45, 2.75) is 6.54 Å². The second-order valence-electron chi connectivity index (χ2n) is 2.19. The Morgan fingerprint density at radius 2 is 2.08 bits per heavy atom. The number of aromatic hydroxyl groups is 1. The first-order valence-electron chi connectivity index (χ1n) is 3.38. The first kappa shape index (κ1) is 8.23. The zero-order valence-corrected chi connectivity index (χ0v) is 6.31. The van der Waals surface area contributed by atoms with Gasteiger partial charge in [-0.05, 0) is 22.9 Å². The van der Waals surface area contributed by atoms with Gasteiger partial charge in [-0.3, -0.25) is 5.43 Å². The summed E-state index contributed by atoms with van der Waals surface area (Å²) < 4.78 is 0. The van der Waals surface area contributed by atoms with Gasteiger partial charge in [-0.2, -0.15) is 4.91 Å². The second kappa shape index (κ2) is 4.10. The molecule has 5 heteroatoms. The zero-order valence-electron chi connectivity index (χ0n) is 6.31. The molecule has 12 heavy (non-hydrogen) atoms. The molecule has 0 amide bonds. The maximum atomic E-state index is 8.93. The summed E-state index contributed by atoms with van der Waals surface area (Å²) in [5, 5.41) is 12.1. The molecule has 1 aromatic carbocycles. The Morgan fingerprint density at radius 1 is 1.42 bits per heavy atom. The molecule has 0 aromatic heterocycles. The standard InChI is InChI=1S/C7H8N4O/c8-10-11-9-5-6-1-3-7(12)4-2-6/h1-4,9,12H,5H2. The van der Waals surface area contributed by atoms with Crippen molar-refractivity contribution >= 4 is 0 Å². The van der Waals surface area contributed by atoms with E-state index in [4.69, 9.17) is 10.6 Å². The zero-order chi connectivity index (χ0) is 8.81. The van der Waals surface area contributed by atoms with Crippen molar-refractivity contribution in [1.82, 2.24) is 5.43 Å². The topological polar surface area (TPSA) is 81.0 Å². The van der Waals surface area contributed by atoms with Gasteiger partial charge in [0.2, 0.25) is 0 Å². The highest BCUT2D eigenvalue weighted by Crippen LogP contribution is 2.08. The van der Waals surface area contributed by atoms with Crippen molar-refractivity contribution in [3.63, 3.8) is 0 Å². The summed E-state index contributed by atoms with van der Waals surface area (Å²) in [6.45, 7) is 0.463. The van der Waals surface area contributed by atoms with E-state index in [1.54, 1.807) is 24.3 Å². The van der Waals surface area contributed by atoms with Crippen LogP contribution in [0.15, 0.2) is 29.5 Å². The van der Waals surface area contributed by atoms with Crippen LogP contribution in [0.3, 0.4) is 0 Å². The van der Waals surface area contributed by atoms with Gasteiger partial charge in [0.25, 0.3) is 0 Å². The number of benzene rings is 1. The van der Waals surface area contributed by atoms with Crippen LogP contribution in [0, 0.1) is 0 Å². The molecule has 0 radical (unpaired) electrons. The molecule has 0 bridgehead atoms. The number of nitrogens with one attached hydrogen (secondary N) is 1. The van der Waals surface area contributed by atoms with Gasteiger partial charge in [0.05, 0.1) is 0 Å². The number of azide groups is 1.